The van der Waals surface area contributed by atoms with Crippen molar-refractivity contribution in [2.24, 2.45) is 11.7 Å². The summed E-state index contributed by atoms with van der Waals surface area (Å²) in [6.45, 7) is 1.94. The molecule has 3 N–H and O–H groups in total. The summed E-state index contributed by atoms with van der Waals surface area (Å²) in [5.41, 5.74) is 5.74. The fourth-order valence-electron chi connectivity index (χ4n) is 2.72. The van der Waals surface area contributed by atoms with Crippen molar-refractivity contribution in [3.8, 4) is 0 Å². The fourth-order valence-corrected chi connectivity index (χ4v) is 2.72. The molecule has 2 unspecified atom stereocenters. The molecule has 0 spiro atoms. The number of anilines is 1. The van der Waals surface area contributed by atoms with Crippen LogP contribution in [-0.4, -0.2) is 34.3 Å². The summed E-state index contributed by atoms with van der Waals surface area (Å²) in [6.07, 6.45) is 5.34. The predicted molar refractivity (Wildman–Crippen MR) is 84.7 cm³/mol. The lowest BCUT2D eigenvalue weighted by molar-refractivity contribution is -0.141. The summed E-state index contributed by atoms with van der Waals surface area (Å²) in [5.74, 6) is -0.289. The molecule has 2 atom stereocenters. The number of nitrogens with one attached hydrogen (secondary N) is 1. The van der Waals surface area contributed by atoms with Crippen LogP contribution in [0.2, 0.25) is 0 Å². The van der Waals surface area contributed by atoms with E-state index in [1.165, 1.54) is 11.8 Å². The van der Waals surface area contributed by atoms with Gasteiger partial charge in [0.05, 0.1) is 13.0 Å². The molecule has 1 aliphatic carbocycles. The standard InChI is InChI=1S/C14H22N4O3.ClH/c1-14(15)7-4-3-5-10(14)13(20)16-11-6-8-18(17-11)9-12(19)21-2;/h6,8,10H,3-5,7,9,15H2,1-2H3,(H,16,17,20);1H. The van der Waals surface area contributed by atoms with Gasteiger partial charge >= 0.3 is 5.97 Å². The van der Waals surface area contributed by atoms with E-state index in [-0.39, 0.29) is 30.8 Å². The van der Waals surface area contributed by atoms with Crippen LogP contribution in [0.3, 0.4) is 0 Å². The highest BCUT2D eigenvalue weighted by Crippen LogP contribution is 2.32. The first kappa shape index (κ1) is 18.4. The number of aromatic nitrogens is 2. The number of hydrogen-bond donors (Lipinski definition) is 2. The Labute approximate surface area is 136 Å². The maximum absolute atomic E-state index is 12.3. The van der Waals surface area contributed by atoms with Crippen molar-refractivity contribution < 1.29 is 14.3 Å². The molecule has 8 heteroatoms. The molecule has 1 fully saturated rings. The second-order valence-electron chi connectivity index (χ2n) is 5.77. The van der Waals surface area contributed by atoms with Crippen LogP contribution < -0.4 is 11.1 Å². The van der Waals surface area contributed by atoms with E-state index in [4.69, 9.17) is 5.73 Å². The van der Waals surface area contributed by atoms with E-state index in [9.17, 15) is 9.59 Å². The van der Waals surface area contributed by atoms with Gasteiger partial charge in [-0.05, 0) is 19.8 Å². The summed E-state index contributed by atoms with van der Waals surface area (Å²) in [7, 11) is 1.32. The number of methoxy groups -OCH3 is 1. The maximum atomic E-state index is 12.3. The number of halogens is 1. The molecule has 0 bridgehead atoms. The lowest BCUT2D eigenvalue weighted by atomic mass is 9.74. The average Bonchev–Trinajstić information content (AvgIpc) is 2.85. The molecule has 22 heavy (non-hydrogen) atoms. The van der Waals surface area contributed by atoms with Crippen LogP contribution in [0.1, 0.15) is 32.6 Å². The molecular formula is C14H23ClN4O3. The molecule has 1 heterocycles. The second kappa shape index (κ2) is 7.60. The van der Waals surface area contributed by atoms with Crippen molar-refractivity contribution in [1.82, 2.24) is 9.78 Å². The van der Waals surface area contributed by atoms with Crippen LogP contribution in [-0.2, 0) is 20.9 Å². The van der Waals surface area contributed by atoms with E-state index in [1.54, 1.807) is 12.3 Å². The SMILES string of the molecule is COC(=O)Cn1ccc(NC(=O)C2CCCCC2(C)N)n1.Cl. The van der Waals surface area contributed by atoms with Crippen LogP contribution in [0.4, 0.5) is 5.82 Å². The Hall–Kier alpha value is -1.60. The summed E-state index contributed by atoms with van der Waals surface area (Å²) in [5, 5.41) is 6.90. The number of nitrogens with zero attached hydrogens (tertiary/aromatic N) is 2. The van der Waals surface area contributed by atoms with Gasteiger partial charge in [-0.15, -0.1) is 12.4 Å². The molecule has 1 aromatic heterocycles. The maximum Gasteiger partial charge on any atom is 0.327 e. The molecule has 124 valence electrons. The quantitative estimate of drug-likeness (QED) is 0.811. The van der Waals surface area contributed by atoms with Crippen molar-refractivity contribution in [3.05, 3.63) is 12.3 Å². The zero-order valence-electron chi connectivity index (χ0n) is 12.9. The highest BCUT2D eigenvalue weighted by molar-refractivity contribution is 5.92. The number of nitrogens with two attached hydrogens (primary N) is 1. The van der Waals surface area contributed by atoms with Gasteiger partial charge < -0.3 is 15.8 Å². The number of hydrogen-bond acceptors (Lipinski definition) is 5. The first-order valence-electron chi connectivity index (χ1n) is 7.12. The summed E-state index contributed by atoms with van der Waals surface area (Å²) in [6, 6.07) is 1.65. The van der Waals surface area contributed by atoms with Crippen molar-refractivity contribution in [2.45, 2.75) is 44.7 Å². The van der Waals surface area contributed by atoms with Gasteiger partial charge in [0, 0.05) is 17.8 Å². The van der Waals surface area contributed by atoms with Crippen molar-refractivity contribution in [1.29, 1.82) is 0 Å². The topological polar surface area (TPSA) is 99.2 Å². The highest BCUT2D eigenvalue weighted by atomic mass is 35.5. The largest absolute Gasteiger partial charge is 0.468 e. The lowest BCUT2D eigenvalue weighted by Gasteiger charge is -2.37. The summed E-state index contributed by atoms with van der Waals surface area (Å²) in [4.78, 5) is 23.5. The molecule has 1 aromatic rings. The van der Waals surface area contributed by atoms with Crippen LogP contribution in [0.5, 0.6) is 0 Å². The van der Waals surface area contributed by atoms with Gasteiger partial charge in [0.25, 0.3) is 0 Å². The average molecular weight is 331 g/mol. The number of ether oxygens (including phenoxy) is 1. The predicted octanol–water partition coefficient (Wildman–Crippen LogP) is 1.32. The van der Waals surface area contributed by atoms with Crippen LogP contribution >= 0.6 is 12.4 Å². The Morgan fingerprint density at radius 3 is 2.91 bits per heavy atom. The molecular weight excluding hydrogens is 308 g/mol. The molecule has 2 rings (SSSR count). The van der Waals surface area contributed by atoms with Gasteiger partial charge in [-0.3, -0.25) is 14.3 Å². The normalized spacial score (nSPS) is 24.2. The number of carbonyl (C=O) groups is 2. The number of esters is 1. The van der Waals surface area contributed by atoms with Crippen molar-refractivity contribution in [2.75, 3.05) is 12.4 Å². The van der Waals surface area contributed by atoms with Gasteiger partial charge in [-0.25, -0.2) is 0 Å². The van der Waals surface area contributed by atoms with Gasteiger partial charge in [0.2, 0.25) is 5.91 Å². The Morgan fingerprint density at radius 1 is 1.55 bits per heavy atom. The van der Waals surface area contributed by atoms with E-state index < -0.39 is 11.5 Å². The molecule has 7 nitrogen and oxygen atoms in total. The fraction of sp³-hybridized carbons (Fsp3) is 0.643. The first-order chi connectivity index (χ1) is 9.92. The van der Waals surface area contributed by atoms with Crippen LogP contribution in [0.15, 0.2) is 12.3 Å². The zero-order chi connectivity index (χ0) is 15.5. The minimum Gasteiger partial charge on any atom is -0.468 e. The third-order valence-corrected chi connectivity index (χ3v) is 3.98. The zero-order valence-corrected chi connectivity index (χ0v) is 13.7. The molecule has 1 aliphatic rings. The summed E-state index contributed by atoms with van der Waals surface area (Å²) < 4.78 is 5.98. The Balaban J connectivity index is 0.00000242. The highest BCUT2D eigenvalue weighted by Gasteiger charge is 2.37. The monoisotopic (exact) mass is 330 g/mol. The smallest absolute Gasteiger partial charge is 0.327 e. The van der Waals surface area contributed by atoms with E-state index in [1.807, 2.05) is 6.92 Å². The lowest BCUT2D eigenvalue weighted by Crippen LogP contribution is -2.51. The van der Waals surface area contributed by atoms with Gasteiger partial charge in [-0.1, -0.05) is 12.8 Å². The van der Waals surface area contributed by atoms with Crippen LogP contribution in [0.25, 0.3) is 0 Å². The minimum absolute atomic E-state index is 0. The van der Waals surface area contributed by atoms with Gasteiger partial charge in [0.15, 0.2) is 5.82 Å². The van der Waals surface area contributed by atoms with Gasteiger partial charge in [-0.2, -0.15) is 5.10 Å². The number of rotatable bonds is 4. The number of amides is 1. The summed E-state index contributed by atoms with van der Waals surface area (Å²) >= 11 is 0. The second-order valence-corrected chi connectivity index (χ2v) is 5.77. The van der Waals surface area contributed by atoms with E-state index in [0.29, 0.717) is 5.82 Å². The van der Waals surface area contributed by atoms with E-state index >= 15 is 0 Å². The molecule has 0 radical (unpaired) electrons. The minimum atomic E-state index is -0.475. The van der Waals surface area contributed by atoms with Crippen LogP contribution in [0, 0.1) is 5.92 Å². The third kappa shape index (κ3) is 4.45. The first-order valence-corrected chi connectivity index (χ1v) is 7.12. The molecule has 0 aliphatic heterocycles. The Kier molecular flexibility index (Phi) is 6.37. The molecule has 0 aromatic carbocycles. The van der Waals surface area contributed by atoms with Gasteiger partial charge in [0.1, 0.15) is 6.54 Å². The number of carbonyl (C=O) groups excluding carboxylic acids is 2. The van der Waals surface area contributed by atoms with Crippen molar-refractivity contribution in [3.63, 3.8) is 0 Å². The van der Waals surface area contributed by atoms with Crippen molar-refractivity contribution >= 4 is 30.1 Å². The third-order valence-electron chi connectivity index (χ3n) is 3.98. The molecule has 0 saturated heterocycles. The Bertz CT molecular complexity index is 530. The Morgan fingerprint density at radius 2 is 2.27 bits per heavy atom. The molecule has 1 amide bonds. The molecule has 1 saturated carbocycles. The van der Waals surface area contributed by atoms with E-state index in [2.05, 4.69) is 15.2 Å². The van der Waals surface area contributed by atoms with E-state index in [0.717, 1.165) is 25.7 Å².